The first-order chi connectivity index (χ1) is 11.5. The van der Waals surface area contributed by atoms with Gasteiger partial charge in [0.15, 0.2) is 5.69 Å². The van der Waals surface area contributed by atoms with Crippen LogP contribution in [0.3, 0.4) is 0 Å². The summed E-state index contributed by atoms with van der Waals surface area (Å²) in [5, 5.41) is 5.32. The quantitative estimate of drug-likeness (QED) is 0.645. The molecule has 0 unspecified atom stereocenters. The number of fused-ring (bicyclic) bond motifs is 2. The Bertz CT molecular complexity index is 951. The van der Waals surface area contributed by atoms with Crippen LogP contribution < -0.4 is 0 Å². The van der Waals surface area contributed by atoms with Crippen LogP contribution in [0.15, 0.2) is 42.6 Å². The lowest BCUT2D eigenvalue weighted by molar-refractivity contribution is 0.0671. The van der Waals surface area contributed by atoms with Gasteiger partial charge in [0, 0.05) is 12.7 Å². The van der Waals surface area contributed by atoms with E-state index in [-0.39, 0.29) is 11.9 Å². The van der Waals surface area contributed by atoms with Crippen molar-refractivity contribution < 1.29 is 4.79 Å². The van der Waals surface area contributed by atoms with E-state index in [0.29, 0.717) is 27.8 Å². The Labute approximate surface area is 149 Å². The molecule has 0 aliphatic carbocycles. The molecule has 0 saturated carbocycles. The topological polar surface area (TPSA) is 37.6 Å². The molecule has 1 aromatic carbocycles. The minimum Gasteiger partial charge on any atom is -0.330 e. The molecule has 0 bridgehead atoms. The third-order valence-electron chi connectivity index (χ3n) is 4.57. The molecule has 0 fully saturated rings. The van der Waals surface area contributed by atoms with Gasteiger partial charge in [-0.2, -0.15) is 5.10 Å². The molecular weight excluding hydrogens is 345 g/mol. The standard InChI is InChI=1S/C18H15Cl2N3O/c1-11-14-5-3-2-4-12(14)6-7-22(11)18(24)16-9-17-15(20)8-13(19)10-23(17)21-16/h2-5,8-11H,6-7H2,1H3/t11-/m1/s1. The van der Waals surface area contributed by atoms with Crippen LogP contribution in [0, 0.1) is 0 Å². The smallest absolute Gasteiger partial charge is 0.274 e. The molecule has 122 valence electrons. The van der Waals surface area contributed by atoms with Gasteiger partial charge in [0.1, 0.15) is 0 Å². The van der Waals surface area contributed by atoms with Crippen molar-refractivity contribution in [3.8, 4) is 0 Å². The van der Waals surface area contributed by atoms with E-state index < -0.39 is 0 Å². The zero-order chi connectivity index (χ0) is 16.8. The van der Waals surface area contributed by atoms with Gasteiger partial charge in [0.25, 0.3) is 5.91 Å². The fourth-order valence-corrected chi connectivity index (χ4v) is 3.84. The second-order valence-electron chi connectivity index (χ2n) is 5.99. The van der Waals surface area contributed by atoms with E-state index in [2.05, 4.69) is 24.2 Å². The van der Waals surface area contributed by atoms with Gasteiger partial charge in [-0.1, -0.05) is 47.5 Å². The monoisotopic (exact) mass is 359 g/mol. The second kappa shape index (κ2) is 5.80. The second-order valence-corrected chi connectivity index (χ2v) is 6.83. The summed E-state index contributed by atoms with van der Waals surface area (Å²) in [5.41, 5.74) is 3.56. The van der Waals surface area contributed by atoms with Gasteiger partial charge in [-0.3, -0.25) is 4.79 Å². The van der Waals surface area contributed by atoms with Crippen molar-refractivity contribution in [2.24, 2.45) is 0 Å². The number of amides is 1. The van der Waals surface area contributed by atoms with Gasteiger partial charge in [0.05, 0.1) is 21.6 Å². The van der Waals surface area contributed by atoms with E-state index in [9.17, 15) is 4.79 Å². The van der Waals surface area contributed by atoms with Crippen molar-refractivity contribution in [1.82, 2.24) is 14.5 Å². The van der Waals surface area contributed by atoms with Crippen LogP contribution >= 0.6 is 23.2 Å². The molecule has 1 aliphatic heterocycles. The Hall–Kier alpha value is -2.04. The molecule has 1 aliphatic rings. The van der Waals surface area contributed by atoms with Gasteiger partial charge in [-0.15, -0.1) is 0 Å². The molecule has 6 heteroatoms. The largest absolute Gasteiger partial charge is 0.330 e. The van der Waals surface area contributed by atoms with Gasteiger partial charge >= 0.3 is 0 Å². The number of pyridine rings is 1. The van der Waals surface area contributed by atoms with E-state index in [1.807, 2.05) is 17.0 Å². The van der Waals surface area contributed by atoms with Crippen LogP contribution in [0.4, 0.5) is 0 Å². The van der Waals surface area contributed by atoms with Crippen LogP contribution in [-0.4, -0.2) is 27.0 Å². The van der Waals surface area contributed by atoms with Crippen molar-refractivity contribution in [2.45, 2.75) is 19.4 Å². The van der Waals surface area contributed by atoms with E-state index in [4.69, 9.17) is 23.2 Å². The summed E-state index contributed by atoms with van der Waals surface area (Å²) >= 11 is 12.2. The maximum Gasteiger partial charge on any atom is 0.274 e. The molecule has 4 rings (SSSR count). The molecule has 3 heterocycles. The van der Waals surface area contributed by atoms with Gasteiger partial charge in [0.2, 0.25) is 0 Å². The van der Waals surface area contributed by atoms with E-state index in [1.165, 1.54) is 11.1 Å². The van der Waals surface area contributed by atoms with Crippen molar-refractivity contribution in [3.05, 3.63) is 69.5 Å². The van der Waals surface area contributed by atoms with Crippen LogP contribution in [-0.2, 0) is 6.42 Å². The average Bonchev–Trinajstić information content (AvgIpc) is 2.99. The number of benzene rings is 1. The van der Waals surface area contributed by atoms with Crippen molar-refractivity contribution in [1.29, 1.82) is 0 Å². The summed E-state index contributed by atoms with van der Waals surface area (Å²) in [6.45, 7) is 2.73. The number of aromatic nitrogens is 2. The first-order valence-electron chi connectivity index (χ1n) is 7.78. The normalized spacial score (nSPS) is 17.1. The van der Waals surface area contributed by atoms with E-state index in [1.54, 1.807) is 22.8 Å². The first kappa shape index (κ1) is 15.5. The average molecular weight is 360 g/mol. The Kier molecular flexibility index (Phi) is 3.74. The van der Waals surface area contributed by atoms with Gasteiger partial charge in [-0.25, -0.2) is 4.52 Å². The Morgan fingerprint density at radius 1 is 1.25 bits per heavy atom. The predicted octanol–water partition coefficient (Wildman–Crippen LogP) is 4.40. The van der Waals surface area contributed by atoms with Gasteiger partial charge in [-0.05, 0) is 36.6 Å². The summed E-state index contributed by atoms with van der Waals surface area (Å²) in [4.78, 5) is 14.8. The minimum absolute atomic E-state index is 0.0197. The zero-order valence-corrected chi connectivity index (χ0v) is 14.6. The molecule has 1 atom stereocenters. The number of hydrogen-bond acceptors (Lipinski definition) is 2. The molecule has 0 N–H and O–H groups in total. The van der Waals surface area contributed by atoms with Crippen molar-refractivity contribution in [2.75, 3.05) is 6.54 Å². The summed E-state index contributed by atoms with van der Waals surface area (Å²) in [5.74, 6) is -0.0899. The van der Waals surface area contributed by atoms with E-state index in [0.717, 1.165) is 6.42 Å². The molecule has 2 aromatic heterocycles. The van der Waals surface area contributed by atoms with Crippen LogP contribution in [0.25, 0.3) is 5.52 Å². The number of nitrogens with zero attached hydrogens (tertiary/aromatic N) is 3. The lowest BCUT2D eigenvalue weighted by Crippen LogP contribution is -2.39. The maximum atomic E-state index is 13.0. The third-order valence-corrected chi connectivity index (χ3v) is 5.07. The Balaban J connectivity index is 1.71. The maximum absolute atomic E-state index is 13.0. The summed E-state index contributed by atoms with van der Waals surface area (Å²) in [6.07, 6.45) is 2.50. The van der Waals surface area contributed by atoms with Crippen molar-refractivity contribution >= 4 is 34.6 Å². The predicted molar refractivity (Wildman–Crippen MR) is 94.8 cm³/mol. The highest BCUT2D eigenvalue weighted by Crippen LogP contribution is 2.31. The molecule has 0 spiro atoms. The van der Waals surface area contributed by atoms with Crippen molar-refractivity contribution in [3.63, 3.8) is 0 Å². The SMILES string of the molecule is C[C@@H]1c2ccccc2CCN1C(=O)c1cc2c(Cl)cc(Cl)cn2n1. The number of carbonyl (C=O) groups excluding carboxylic acids is 1. The number of carbonyl (C=O) groups is 1. The lowest BCUT2D eigenvalue weighted by atomic mass is 9.93. The number of rotatable bonds is 1. The molecule has 24 heavy (non-hydrogen) atoms. The summed E-state index contributed by atoms with van der Waals surface area (Å²) in [7, 11) is 0. The minimum atomic E-state index is -0.0899. The summed E-state index contributed by atoms with van der Waals surface area (Å²) < 4.78 is 1.56. The number of hydrogen-bond donors (Lipinski definition) is 0. The third kappa shape index (κ3) is 2.46. The fourth-order valence-electron chi connectivity index (χ4n) is 3.32. The molecule has 0 saturated heterocycles. The molecule has 0 radical (unpaired) electrons. The zero-order valence-electron chi connectivity index (χ0n) is 13.0. The lowest BCUT2D eigenvalue weighted by Gasteiger charge is -2.34. The van der Waals surface area contributed by atoms with Gasteiger partial charge < -0.3 is 4.90 Å². The van der Waals surface area contributed by atoms with Crippen LogP contribution in [0.1, 0.15) is 34.6 Å². The fraction of sp³-hybridized carbons (Fsp3) is 0.222. The Morgan fingerprint density at radius 3 is 2.88 bits per heavy atom. The molecular formula is C18H15Cl2N3O. The first-order valence-corrected chi connectivity index (χ1v) is 8.53. The molecule has 4 nitrogen and oxygen atoms in total. The molecule has 1 amide bonds. The Morgan fingerprint density at radius 2 is 2.04 bits per heavy atom. The molecule has 3 aromatic rings. The van der Waals surface area contributed by atoms with Crippen LogP contribution in [0.5, 0.6) is 0 Å². The number of halogens is 2. The highest BCUT2D eigenvalue weighted by Gasteiger charge is 2.29. The van der Waals surface area contributed by atoms with E-state index >= 15 is 0 Å². The highest BCUT2D eigenvalue weighted by atomic mass is 35.5. The summed E-state index contributed by atoms with van der Waals surface area (Å²) in [6, 6.07) is 11.6. The highest BCUT2D eigenvalue weighted by molar-refractivity contribution is 6.36. The van der Waals surface area contributed by atoms with Crippen LogP contribution in [0.2, 0.25) is 10.0 Å².